The van der Waals surface area contributed by atoms with Crippen molar-refractivity contribution >= 4 is 56.0 Å². The summed E-state index contributed by atoms with van der Waals surface area (Å²) in [5.41, 5.74) is 13.7. The van der Waals surface area contributed by atoms with Crippen molar-refractivity contribution in [3.8, 4) is 0 Å². The standard InChI is InChI=1S/C15H14BrClN4O2/c1-6-10(22)3-2-9(16)12(6)21-13(18)11(14(19)23)8-4-7(17)5-20-15(8)21/h3-5,9,22H,2,18H2,1H3,(H2,19,23)/t9-/m1/s1. The Balaban J connectivity index is 2.43. The maximum atomic E-state index is 11.8. The van der Waals surface area contributed by atoms with Gasteiger partial charge in [0.2, 0.25) is 0 Å². The van der Waals surface area contributed by atoms with Crippen LogP contribution < -0.4 is 11.5 Å². The molecule has 3 rings (SSSR count). The van der Waals surface area contributed by atoms with Crippen LogP contribution in [-0.2, 0) is 0 Å². The fourth-order valence-electron chi connectivity index (χ4n) is 2.81. The number of fused-ring (bicyclic) bond motifs is 1. The molecule has 120 valence electrons. The predicted molar refractivity (Wildman–Crippen MR) is 94.6 cm³/mol. The lowest BCUT2D eigenvalue weighted by molar-refractivity contribution is 0.100. The molecule has 0 unspecified atom stereocenters. The predicted octanol–water partition coefficient (Wildman–Crippen LogP) is 3.21. The number of hydrogen-bond acceptors (Lipinski definition) is 4. The average Bonchev–Trinajstić information content (AvgIpc) is 2.75. The molecule has 1 amide bonds. The van der Waals surface area contributed by atoms with Crippen LogP contribution in [0.5, 0.6) is 0 Å². The number of alkyl halides is 1. The molecule has 8 heteroatoms. The first-order chi connectivity index (χ1) is 10.8. The Labute approximate surface area is 145 Å². The summed E-state index contributed by atoms with van der Waals surface area (Å²) in [7, 11) is 0. The van der Waals surface area contributed by atoms with Gasteiger partial charge < -0.3 is 16.6 Å². The summed E-state index contributed by atoms with van der Waals surface area (Å²) in [6.07, 6.45) is 3.78. The van der Waals surface area contributed by atoms with Crippen molar-refractivity contribution in [3.05, 3.63) is 40.3 Å². The van der Waals surface area contributed by atoms with Crippen molar-refractivity contribution in [2.45, 2.75) is 18.2 Å². The number of aliphatic hydroxyl groups excluding tert-OH is 1. The summed E-state index contributed by atoms with van der Waals surface area (Å²) in [5, 5.41) is 10.9. The molecule has 0 bridgehead atoms. The van der Waals surface area contributed by atoms with Crippen LogP contribution in [0.1, 0.15) is 23.7 Å². The molecule has 6 nitrogen and oxygen atoms in total. The molecule has 23 heavy (non-hydrogen) atoms. The maximum Gasteiger partial charge on any atom is 0.253 e. The quantitative estimate of drug-likeness (QED) is 0.676. The van der Waals surface area contributed by atoms with Crippen molar-refractivity contribution in [3.63, 3.8) is 0 Å². The lowest BCUT2D eigenvalue weighted by Crippen LogP contribution is -2.18. The zero-order valence-electron chi connectivity index (χ0n) is 12.2. The fourth-order valence-corrected chi connectivity index (χ4v) is 3.71. The minimum absolute atomic E-state index is 0.0884. The van der Waals surface area contributed by atoms with E-state index in [0.29, 0.717) is 28.0 Å². The molecule has 0 saturated heterocycles. The number of allylic oxidation sites excluding steroid dienone is 3. The lowest BCUT2D eigenvalue weighted by atomic mass is 10.0. The van der Waals surface area contributed by atoms with Crippen molar-refractivity contribution in [1.82, 2.24) is 9.55 Å². The zero-order valence-corrected chi connectivity index (χ0v) is 14.5. The van der Waals surface area contributed by atoms with E-state index in [0.717, 1.165) is 5.70 Å². The minimum Gasteiger partial charge on any atom is -0.508 e. The number of nitrogens with two attached hydrogens (primary N) is 2. The van der Waals surface area contributed by atoms with Crippen LogP contribution in [0.25, 0.3) is 16.7 Å². The topological polar surface area (TPSA) is 107 Å². The highest BCUT2D eigenvalue weighted by molar-refractivity contribution is 9.09. The maximum absolute atomic E-state index is 11.8. The summed E-state index contributed by atoms with van der Waals surface area (Å²) in [4.78, 5) is 16.1. The average molecular weight is 398 g/mol. The third-order valence-electron chi connectivity index (χ3n) is 3.88. The van der Waals surface area contributed by atoms with Gasteiger partial charge >= 0.3 is 0 Å². The molecule has 0 fully saturated rings. The number of carbonyl (C=O) groups excluding carboxylic acids is 1. The number of halogens is 2. The summed E-state index contributed by atoms with van der Waals surface area (Å²) >= 11 is 9.57. The van der Waals surface area contributed by atoms with E-state index in [2.05, 4.69) is 20.9 Å². The number of rotatable bonds is 2. The Kier molecular flexibility index (Phi) is 3.85. The van der Waals surface area contributed by atoms with Gasteiger partial charge in [0, 0.05) is 22.9 Å². The van der Waals surface area contributed by atoms with Gasteiger partial charge in [-0.15, -0.1) is 0 Å². The van der Waals surface area contributed by atoms with E-state index in [1.807, 2.05) is 0 Å². The monoisotopic (exact) mass is 396 g/mol. The first-order valence-electron chi connectivity index (χ1n) is 6.82. The van der Waals surface area contributed by atoms with E-state index in [4.69, 9.17) is 23.1 Å². The molecule has 5 N–H and O–H groups in total. The fraction of sp³-hybridized carbons (Fsp3) is 0.200. The Morgan fingerprint density at radius 1 is 1.57 bits per heavy atom. The van der Waals surface area contributed by atoms with E-state index >= 15 is 0 Å². The number of primary amides is 1. The Hall–Kier alpha value is -1.99. The SMILES string of the molecule is CC1=C(n2c(N)c(C(N)=O)c3cc(Cl)cnc32)[C@H](Br)CC=C1O. The van der Waals surface area contributed by atoms with Gasteiger partial charge in [0.15, 0.2) is 0 Å². The number of nitrogens with zero attached hydrogens (tertiary/aromatic N) is 2. The molecule has 0 aromatic carbocycles. The molecule has 0 saturated carbocycles. The van der Waals surface area contributed by atoms with E-state index in [1.165, 1.54) is 6.20 Å². The van der Waals surface area contributed by atoms with Crippen molar-refractivity contribution in [1.29, 1.82) is 0 Å². The van der Waals surface area contributed by atoms with Crippen LogP contribution in [-0.4, -0.2) is 25.4 Å². The number of hydrogen-bond donors (Lipinski definition) is 3. The van der Waals surface area contributed by atoms with Gasteiger partial charge in [-0.1, -0.05) is 27.5 Å². The summed E-state index contributed by atoms with van der Waals surface area (Å²) < 4.78 is 1.64. The van der Waals surface area contributed by atoms with Gasteiger partial charge in [-0.25, -0.2) is 4.98 Å². The van der Waals surface area contributed by atoms with Gasteiger partial charge in [-0.05, 0) is 25.5 Å². The summed E-state index contributed by atoms with van der Waals surface area (Å²) in [6, 6.07) is 1.61. The van der Waals surface area contributed by atoms with Gasteiger partial charge in [-0.3, -0.25) is 9.36 Å². The lowest BCUT2D eigenvalue weighted by Gasteiger charge is -2.23. The molecular weight excluding hydrogens is 384 g/mol. The Bertz CT molecular complexity index is 901. The van der Waals surface area contributed by atoms with Gasteiger partial charge in [0.25, 0.3) is 5.91 Å². The van der Waals surface area contributed by atoms with Gasteiger partial charge in [0.1, 0.15) is 17.2 Å². The summed E-state index contributed by atoms with van der Waals surface area (Å²) in [6.45, 7) is 1.78. The second-order valence-corrected chi connectivity index (χ2v) is 6.83. The molecule has 1 atom stereocenters. The minimum atomic E-state index is -0.657. The number of carbonyl (C=O) groups is 1. The Morgan fingerprint density at radius 3 is 2.91 bits per heavy atom. The molecule has 0 aliphatic heterocycles. The van der Waals surface area contributed by atoms with Crippen LogP contribution in [0.3, 0.4) is 0 Å². The molecule has 1 aliphatic rings. The van der Waals surface area contributed by atoms with Crippen molar-refractivity contribution in [2.75, 3.05) is 5.73 Å². The van der Waals surface area contributed by atoms with E-state index < -0.39 is 5.91 Å². The Morgan fingerprint density at radius 2 is 2.26 bits per heavy atom. The third-order valence-corrected chi connectivity index (χ3v) is 4.90. The molecule has 0 radical (unpaired) electrons. The van der Waals surface area contributed by atoms with Gasteiger partial charge in [0.05, 0.1) is 15.4 Å². The molecule has 1 aliphatic carbocycles. The van der Waals surface area contributed by atoms with E-state index in [-0.39, 0.29) is 22.0 Å². The van der Waals surface area contributed by atoms with Crippen molar-refractivity contribution < 1.29 is 9.90 Å². The van der Waals surface area contributed by atoms with Crippen LogP contribution in [0.4, 0.5) is 5.82 Å². The molecule has 2 aromatic rings. The first-order valence-corrected chi connectivity index (χ1v) is 8.12. The smallest absolute Gasteiger partial charge is 0.253 e. The molecule has 2 aromatic heterocycles. The number of pyridine rings is 1. The van der Waals surface area contributed by atoms with E-state index in [9.17, 15) is 9.90 Å². The number of anilines is 1. The van der Waals surface area contributed by atoms with Crippen LogP contribution in [0.2, 0.25) is 5.02 Å². The second-order valence-electron chi connectivity index (χ2n) is 5.29. The van der Waals surface area contributed by atoms with Crippen molar-refractivity contribution in [2.24, 2.45) is 5.73 Å². The number of nitrogen functional groups attached to an aromatic ring is 1. The molecule has 0 spiro atoms. The number of amides is 1. The first kappa shape index (κ1) is 15.9. The highest BCUT2D eigenvalue weighted by Crippen LogP contribution is 2.39. The van der Waals surface area contributed by atoms with Gasteiger partial charge in [-0.2, -0.15) is 0 Å². The largest absolute Gasteiger partial charge is 0.508 e. The third kappa shape index (κ3) is 2.40. The normalized spacial score (nSPS) is 18.4. The highest BCUT2D eigenvalue weighted by Gasteiger charge is 2.28. The number of aromatic nitrogens is 2. The van der Waals surface area contributed by atoms with Crippen LogP contribution in [0.15, 0.2) is 29.7 Å². The van der Waals surface area contributed by atoms with Crippen LogP contribution >= 0.6 is 27.5 Å². The molecule has 2 heterocycles. The zero-order chi connectivity index (χ0) is 16.9. The van der Waals surface area contributed by atoms with Crippen LogP contribution in [0, 0.1) is 0 Å². The highest BCUT2D eigenvalue weighted by atomic mass is 79.9. The second kappa shape index (κ2) is 5.58. The molecular formula is C15H14BrClN4O2. The number of aliphatic hydroxyl groups is 1. The van der Waals surface area contributed by atoms with E-state index in [1.54, 1.807) is 23.6 Å². The summed E-state index contributed by atoms with van der Waals surface area (Å²) in [5.74, 6) is -0.308.